The third kappa shape index (κ3) is 4.32. The molecule has 0 saturated heterocycles. The molecule has 0 unspecified atom stereocenters. The minimum atomic E-state index is -4.50. The number of alkyl halides is 3. The molecule has 124 valence electrons. The maximum atomic E-state index is 12.9. The maximum Gasteiger partial charge on any atom is 0.435 e. The second-order valence-electron chi connectivity index (χ2n) is 5.35. The molecule has 0 radical (unpaired) electrons. The lowest BCUT2D eigenvalue weighted by Gasteiger charge is -2.17. The molecule has 1 heterocycles. The van der Waals surface area contributed by atoms with E-state index in [1.54, 1.807) is 24.1 Å². The van der Waals surface area contributed by atoms with Gasteiger partial charge in [-0.3, -0.25) is 9.58 Å². The summed E-state index contributed by atoms with van der Waals surface area (Å²) in [5.41, 5.74) is 0.0427. The van der Waals surface area contributed by atoms with Crippen LogP contribution in [0.15, 0.2) is 30.5 Å². The molecule has 0 aliphatic heterocycles. The highest BCUT2D eigenvalue weighted by Crippen LogP contribution is 2.31. The van der Waals surface area contributed by atoms with E-state index in [1.165, 1.54) is 25.4 Å². The van der Waals surface area contributed by atoms with Gasteiger partial charge in [-0.1, -0.05) is 12.1 Å². The summed E-state index contributed by atoms with van der Waals surface area (Å²) >= 11 is 0. The van der Waals surface area contributed by atoms with E-state index in [0.29, 0.717) is 12.1 Å². The standard InChI is InChI=1S/C15H16F3N3O2/c1-20(7-10-4-3-5-11(6-10)14(22)23)8-12-9-21(2)19-13(12)15(16,17)18/h3-6,9H,7-8H2,1-2H3,(H,22,23). The molecule has 0 atom stereocenters. The van der Waals surface area contributed by atoms with Gasteiger partial charge in [0.05, 0.1) is 5.56 Å². The van der Waals surface area contributed by atoms with E-state index < -0.39 is 17.8 Å². The van der Waals surface area contributed by atoms with Crippen LogP contribution in [0, 0.1) is 0 Å². The fourth-order valence-corrected chi connectivity index (χ4v) is 2.35. The van der Waals surface area contributed by atoms with Gasteiger partial charge in [0.1, 0.15) is 0 Å². The van der Waals surface area contributed by atoms with E-state index >= 15 is 0 Å². The van der Waals surface area contributed by atoms with Gasteiger partial charge in [-0.2, -0.15) is 18.3 Å². The van der Waals surface area contributed by atoms with Crippen LogP contribution in [-0.2, 0) is 26.3 Å². The van der Waals surface area contributed by atoms with E-state index in [2.05, 4.69) is 5.10 Å². The summed E-state index contributed by atoms with van der Waals surface area (Å²) in [6, 6.07) is 6.32. The third-order valence-electron chi connectivity index (χ3n) is 3.24. The number of carbonyl (C=O) groups is 1. The summed E-state index contributed by atoms with van der Waals surface area (Å²) in [7, 11) is 3.11. The molecule has 0 saturated carbocycles. The molecule has 8 heteroatoms. The third-order valence-corrected chi connectivity index (χ3v) is 3.24. The maximum absolute atomic E-state index is 12.9. The second kappa shape index (κ2) is 6.41. The van der Waals surface area contributed by atoms with Crippen molar-refractivity contribution >= 4 is 5.97 Å². The quantitative estimate of drug-likeness (QED) is 0.917. The molecule has 0 amide bonds. The van der Waals surface area contributed by atoms with Crippen LogP contribution in [-0.4, -0.2) is 32.8 Å². The number of nitrogens with zero attached hydrogens (tertiary/aromatic N) is 3. The lowest BCUT2D eigenvalue weighted by Crippen LogP contribution is -2.20. The van der Waals surface area contributed by atoms with Gasteiger partial charge in [0.2, 0.25) is 0 Å². The largest absolute Gasteiger partial charge is 0.478 e. The fraction of sp³-hybridized carbons (Fsp3) is 0.333. The molecule has 0 spiro atoms. The Morgan fingerprint density at radius 1 is 1.35 bits per heavy atom. The smallest absolute Gasteiger partial charge is 0.435 e. The Morgan fingerprint density at radius 2 is 2.04 bits per heavy atom. The monoisotopic (exact) mass is 327 g/mol. The molecule has 23 heavy (non-hydrogen) atoms. The summed E-state index contributed by atoms with van der Waals surface area (Å²) in [6.45, 7) is 0.382. The zero-order chi connectivity index (χ0) is 17.2. The Bertz CT molecular complexity index is 710. The van der Waals surface area contributed by atoms with Crippen molar-refractivity contribution in [2.75, 3.05) is 7.05 Å². The minimum Gasteiger partial charge on any atom is -0.478 e. The van der Waals surface area contributed by atoms with Crippen LogP contribution in [0.25, 0.3) is 0 Å². The van der Waals surface area contributed by atoms with Gasteiger partial charge in [0.15, 0.2) is 5.69 Å². The molecule has 5 nitrogen and oxygen atoms in total. The molecule has 1 aromatic carbocycles. The molecule has 0 aliphatic carbocycles. The van der Waals surface area contributed by atoms with Crippen LogP contribution >= 0.6 is 0 Å². The molecule has 1 aromatic heterocycles. The molecule has 1 N–H and O–H groups in total. The van der Waals surface area contributed by atoms with Crippen molar-refractivity contribution in [3.05, 3.63) is 52.8 Å². The number of halogens is 3. The van der Waals surface area contributed by atoms with Crippen molar-refractivity contribution in [2.24, 2.45) is 7.05 Å². The zero-order valence-corrected chi connectivity index (χ0v) is 12.6. The molecular weight excluding hydrogens is 311 g/mol. The molecule has 2 rings (SSSR count). The van der Waals surface area contributed by atoms with Crippen molar-refractivity contribution in [3.8, 4) is 0 Å². The average Bonchev–Trinajstić information content (AvgIpc) is 2.79. The van der Waals surface area contributed by atoms with E-state index in [0.717, 1.165) is 4.68 Å². The highest BCUT2D eigenvalue weighted by molar-refractivity contribution is 5.87. The van der Waals surface area contributed by atoms with Crippen LogP contribution < -0.4 is 0 Å². The van der Waals surface area contributed by atoms with Crippen molar-refractivity contribution < 1.29 is 23.1 Å². The van der Waals surface area contributed by atoms with Crippen LogP contribution in [0.2, 0.25) is 0 Å². The first-order chi connectivity index (χ1) is 10.7. The van der Waals surface area contributed by atoms with E-state index in [9.17, 15) is 18.0 Å². The number of rotatable bonds is 5. The van der Waals surface area contributed by atoms with E-state index in [1.807, 2.05) is 0 Å². The Kier molecular flexibility index (Phi) is 4.74. The van der Waals surface area contributed by atoms with Gasteiger partial charge in [0.25, 0.3) is 0 Å². The van der Waals surface area contributed by atoms with Crippen LogP contribution in [0.3, 0.4) is 0 Å². The first-order valence-corrected chi connectivity index (χ1v) is 6.77. The van der Waals surface area contributed by atoms with Crippen LogP contribution in [0.1, 0.15) is 27.2 Å². The topological polar surface area (TPSA) is 58.4 Å². The van der Waals surface area contributed by atoms with Gasteiger partial charge < -0.3 is 5.11 Å². The van der Waals surface area contributed by atoms with Gasteiger partial charge in [-0.25, -0.2) is 4.79 Å². The summed E-state index contributed by atoms with van der Waals surface area (Å²) in [6.07, 6.45) is -3.16. The predicted octanol–water partition coefficient (Wildman–Crippen LogP) is 2.77. The Labute approximate surface area is 130 Å². The molecule has 0 bridgehead atoms. The van der Waals surface area contributed by atoms with Crippen molar-refractivity contribution in [3.63, 3.8) is 0 Å². The molecule has 2 aromatic rings. The zero-order valence-electron chi connectivity index (χ0n) is 12.6. The molecule has 0 fully saturated rings. The number of benzene rings is 1. The van der Waals surface area contributed by atoms with Crippen LogP contribution in [0.4, 0.5) is 13.2 Å². The van der Waals surface area contributed by atoms with Gasteiger partial charge in [-0.05, 0) is 24.7 Å². The van der Waals surface area contributed by atoms with Crippen molar-refractivity contribution in [2.45, 2.75) is 19.3 Å². The highest BCUT2D eigenvalue weighted by Gasteiger charge is 2.37. The number of aryl methyl sites for hydroxylation is 1. The SMILES string of the molecule is CN(Cc1cccc(C(=O)O)c1)Cc1cn(C)nc1C(F)(F)F. The minimum absolute atomic E-state index is 0.0555. The Morgan fingerprint density at radius 3 is 2.65 bits per heavy atom. The van der Waals surface area contributed by atoms with Gasteiger partial charge >= 0.3 is 12.1 Å². The number of aromatic carboxylic acids is 1. The lowest BCUT2D eigenvalue weighted by molar-refractivity contribution is -0.142. The normalized spacial score (nSPS) is 11.9. The summed E-state index contributed by atoms with van der Waals surface area (Å²) in [4.78, 5) is 12.6. The first kappa shape index (κ1) is 17.0. The lowest BCUT2D eigenvalue weighted by atomic mass is 10.1. The first-order valence-electron chi connectivity index (χ1n) is 6.77. The summed E-state index contributed by atoms with van der Waals surface area (Å²) in [5.74, 6) is -1.04. The average molecular weight is 327 g/mol. The molecule has 0 aliphatic rings. The van der Waals surface area contributed by atoms with E-state index in [-0.39, 0.29) is 17.7 Å². The number of hydrogen-bond acceptors (Lipinski definition) is 3. The van der Waals surface area contributed by atoms with Crippen molar-refractivity contribution in [1.29, 1.82) is 0 Å². The number of hydrogen-bond donors (Lipinski definition) is 1. The van der Waals surface area contributed by atoms with Gasteiger partial charge in [0, 0.05) is 31.9 Å². The van der Waals surface area contributed by atoms with E-state index in [4.69, 9.17) is 5.11 Å². The van der Waals surface area contributed by atoms with Gasteiger partial charge in [-0.15, -0.1) is 0 Å². The summed E-state index contributed by atoms with van der Waals surface area (Å²) < 4.78 is 39.9. The van der Waals surface area contributed by atoms with Crippen LogP contribution in [0.5, 0.6) is 0 Å². The molecular formula is C15H16F3N3O2. The fourth-order valence-electron chi connectivity index (χ4n) is 2.35. The predicted molar refractivity (Wildman–Crippen MR) is 76.8 cm³/mol. The number of carboxylic acids is 1. The number of carboxylic acid groups (broad SMARTS) is 1. The summed E-state index contributed by atoms with van der Waals surface area (Å²) in [5, 5.41) is 12.4. The Hall–Kier alpha value is -2.35. The highest BCUT2D eigenvalue weighted by atomic mass is 19.4. The second-order valence-corrected chi connectivity index (χ2v) is 5.35. The van der Waals surface area contributed by atoms with Crippen molar-refractivity contribution in [1.82, 2.24) is 14.7 Å². The number of aromatic nitrogens is 2. The Balaban J connectivity index is 2.13.